The summed E-state index contributed by atoms with van der Waals surface area (Å²) < 4.78 is 10.8. The van der Waals surface area contributed by atoms with Gasteiger partial charge in [0.25, 0.3) is 0 Å². The van der Waals surface area contributed by atoms with Gasteiger partial charge in [-0.05, 0) is 35.5 Å². The number of carbonyl (C=O) groups is 3. The van der Waals surface area contributed by atoms with Gasteiger partial charge < -0.3 is 14.8 Å². The standard InChI is InChI=1S/C15H17N5O5S/c1-3-25-13(22)8-16-12(21)9-26-15-17-18-19-20(15)11-6-4-5-10(7-11)14(23)24-2/h4-7H,3,8-9H2,1-2H3,(H,16,21). The SMILES string of the molecule is CCOC(=O)CNC(=O)CSc1nnnn1-c1cccc(C(=O)OC)c1. The van der Waals surface area contributed by atoms with Gasteiger partial charge in [-0.25, -0.2) is 4.79 Å². The molecule has 0 aliphatic carbocycles. The zero-order valence-electron chi connectivity index (χ0n) is 14.2. The highest BCUT2D eigenvalue weighted by Gasteiger charge is 2.14. The van der Waals surface area contributed by atoms with E-state index in [0.29, 0.717) is 16.4 Å². The first kappa shape index (κ1) is 19.4. The highest BCUT2D eigenvalue weighted by Crippen LogP contribution is 2.19. The number of rotatable bonds is 8. The van der Waals surface area contributed by atoms with E-state index < -0.39 is 11.9 Å². The summed E-state index contributed by atoms with van der Waals surface area (Å²) >= 11 is 1.09. The van der Waals surface area contributed by atoms with Crippen molar-refractivity contribution >= 4 is 29.6 Å². The van der Waals surface area contributed by atoms with Gasteiger partial charge in [0.1, 0.15) is 6.54 Å². The van der Waals surface area contributed by atoms with Crippen molar-refractivity contribution in [2.75, 3.05) is 26.0 Å². The Morgan fingerprint density at radius 3 is 2.85 bits per heavy atom. The molecule has 0 radical (unpaired) electrons. The van der Waals surface area contributed by atoms with E-state index in [9.17, 15) is 14.4 Å². The van der Waals surface area contributed by atoms with Gasteiger partial charge in [0.15, 0.2) is 0 Å². The van der Waals surface area contributed by atoms with Crippen LogP contribution in [-0.4, -0.2) is 64.1 Å². The Hall–Kier alpha value is -2.95. The maximum absolute atomic E-state index is 11.8. The molecule has 2 rings (SSSR count). The lowest BCUT2D eigenvalue weighted by Crippen LogP contribution is -2.31. The third-order valence-electron chi connectivity index (χ3n) is 3.02. The van der Waals surface area contributed by atoms with Crippen molar-refractivity contribution in [1.82, 2.24) is 25.5 Å². The van der Waals surface area contributed by atoms with E-state index in [1.807, 2.05) is 0 Å². The maximum atomic E-state index is 11.8. The quantitative estimate of drug-likeness (QED) is 0.506. The van der Waals surface area contributed by atoms with Crippen LogP contribution in [0.3, 0.4) is 0 Å². The predicted molar refractivity (Wildman–Crippen MR) is 90.9 cm³/mol. The Morgan fingerprint density at radius 2 is 2.12 bits per heavy atom. The molecule has 0 aliphatic heterocycles. The van der Waals surface area contributed by atoms with E-state index in [4.69, 9.17) is 4.74 Å². The molecule has 0 fully saturated rings. The zero-order chi connectivity index (χ0) is 18.9. The molecule has 1 heterocycles. The molecular weight excluding hydrogens is 362 g/mol. The number of aromatic nitrogens is 4. The number of nitrogens with one attached hydrogen (secondary N) is 1. The Labute approximate surface area is 153 Å². The fourth-order valence-corrected chi connectivity index (χ4v) is 2.60. The fourth-order valence-electron chi connectivity index (χ4n) is 1.88. The first-order valence-corrected chi connectivity index (χ1v) is 8.56. The number of amides is 1. The molecule has 1 aromatic carbocycles. The Morgan fingerprint density at radius 1 is 1.31 bits per heavy atom. The summed E-state index contributed by atoms with van der Waals surface area (Å²) in [5.41, 5.74) is 0.899. The number of benzene rings is 1. The van der Waals surface area contributed by atoms with Crippen LogP contribution in [0.15, 0.2) is 29.4 Å². The van der Waals surface area contributed by atoms with Gasteiger partial charge in [-0.3, -0.25) is 9.59 Å². The average molecular weight is 379 g/mol. The number of ether oxygens (including phenoxy) is 2. The number of esters is 2. The minimum atomic E-state index is -0.504. The molecule has 0 bridgehead atoms. The minimum absolute atomic E-state index is 0.0104. The van der Waals surface area contributed by atoms with Crippen molar-refractivity contribution in [3.8, 4) is 5.69 Å². The van der Waals surface area contributed by atoms with Gasteiger partial charge in [-0.2, -0.15) is 4.68 Å². The van der Waals surface area contributed by atoms with Crippen LogP contribution in [0.5, 0.6) is 0 Å². The van der Waals surface area contributed by atoms with Crippen molar-refractivity contribution in [2.45, 2.75) is 12.1 Å². The summed E-state index contributed by atoms with van der Waals surface area (Å²) in [4.78, 5) is 34.6. The number of thioether (sulfide) groups is 1. The molecule has 0 unspecified atom stereocenters. The summed E-state index contributed by atoms with van der Waals surface area (Å²) in [6.07, 6.45) is 0. The molecule has 1 amide bonds. The monoisotopic (exact) mass is 379 g/mol. The Bertz CT molecular complexity index is 794. The minimum Gasteiger partial charge on any atom is -0.465 e. The molecule has 26 heavy (non-hydrogen) atoms. The highest BCUT2D eigenvalue weighted by molar-refractivity contribution is 7.99. The van der Waals surface area contributed by atoms with Crippen LogP contribution >= 0.6 is 11.8 Å². The number of nitrogens with zero attached hydrogens (tertiary/aromatic N) is 4. The van der Waals surface area contributed by atoms with Crippen LogP contribution in [0.4, 0.5) is 0 Å². The number of carbonyl (C=O) groups excluding carboxylic acids is 3. The van der Waals surface area contributed by atoms with Gasteiger partial charge in [0.2, 0.25) is 11.1 Å². The Kier molecular flexibility index (Phi) is 7.09. The number of methoxy groups -OCH3 is 1. The van der Waals surface area contributed by atoms with Crippen LogP contribution in [-0.2, 0) is 19.1 Å². The molecular formula is C15H17N5O5S. The predicted octanol–water partition coefficient (Wildman–Crippen LogP) is 0.220. The zero-order valence-corrected chi connectivity index (χ0v) is 15.0. The molecule has 0 saturated heterocycles. The van der Waals surface area contributed by atoms with Crippen molar-refractivity contribution in [1.29, 1.82) is 0 Å². The lowest BCUT2D eigenvalue weighted by molar-refractivity contribution is -0.143. The van der Waals surface area contributed by atoms with Crippen LogP contribution in [0.25, 0.3) is 5.69 Å². The van der Waals surface area contributed by atoms with E-state index in [2.05, 4.69) is 25.6 Å². The first-order chi connectivity index (χ1) is 12.5. The molecule has 1 N–H and O–H groups in total. The topological polar surface area (TPSA) is 125 Å². The molecule has 0 saturated carbocycles. The van der Waals surface area contributed by atoms with Gasteiger partial charge in [0.05, 0.1) is 30.7 Å². The van der Waals surface area contributed by atoms with Crippen molar-refractivity contribution in [3.05, 3.63) is 29.8 Å². The van der Waals surface area contributed by atoms with Crippen molar-refractivity contribution in [3.63, 3.8) is 0 Å². The largest absolute Gasteiger partial charge is 0.465 e. The second-order valence-corrected chi connectivity index (χ2v) is 5.73. The number of hydrogen-bond acceptors (Lipinski definition) is 9. The summed E-state index contributed by atoms with van der Waals surface area (Å²) in [6, 6.07) is 6.57. The second-order valence-electron chi connectivity index (χ2n) is 4.79. The van der Waals surface area contributed by atoms with Crippen molar-refractivity contribution in [2.24, 2.45) is 0 Å². The molecule has 0 aliphatic rings. The van der Waals surface area contributed by atoms with Crippen molar-refractivity contribution < 1.29 is 23.9 Å². The third kappa shape index (κ3) is 5.28. The Balaban J connectivity index is 1.99. The van der Waals surface area contributed by atoms with E-state index in [-0.39, 0.29) is 24.8 Å². The van der Waals surface area contributed by atoms with Gasteiger partial charge >= 0.3 is 11.9 Å². The molecule has 11 heteroatoms. The number of hydrogen-bond donors (Lipinski definition) is 1. The average Bonchev–Trinajstić information content (AvgIpc) is 3.13. The molecule has 1 aromatic heterocycles. The van der Waals surface area contributed by atoms with Gasteiger partial charge in [0, 0.05) is 0 Å². The van der Waals surface area contributed by atoms with Crippen LogP contribution in [0, 0.1) is 0 Å². The van der Waals surface area contributed by atoms with Crippen LogP contribution in [0.2, 0.25) is 0 Å². The molecule has 138 valence electrons. The smallest absolute Gasteiger partial charge is 0.337 e. The highest BCUT2D eigenvalue weighted by atomic mass is 32.2. The summed E-state index contributed by atoms with van der Waals surface area (Å²) in [6.45, 7) is 1.74. The third-order valence-corrected chi connectivity index (χ3v) is 3.94. The van der Waals surface area contributed by atoms with Gasteiger partial charge in [-0.15, -0.1) is 5.10 Å². The van der Waals surface area contributed by atoms with Crippen LogP contribution < -0.4 is 5.32 Å². The van der Waals surface area contributed by atoms with Gasteiger partial charge in [-0.1, -0.05) is 17.8 Å². The van der Waals surface area contributed by atoms with E-state index in [1.165, 1.54) is 11.8 Å². The second kappa shape index (κ2) is 9.51. The van der Waals surface area contributed by atoms with E-state index >= 15 is 0 Å². The lowest BCUT2D eigenvalue weighted by Gasteiger charge is -2.06. The summed E-state index contributed by atoms with van der Waals surface area (Å²) in [5, 5.41) is 14.1. The fraction of sp³-hybridized carbons (Fsp3) is 0.333. The normalized spacial score (nSPS) is 10.2. The van der Waals surface area contributed by atoms with E-state index in [0.717, 1.165) is 11.8 Å². The first-order valence-electron chi connectivity index (χ1n) is 7.57. The summed E-state index contributed by atoms with van der Waals surface area (Å²) in [5.74, 6) is -1.33. The molecule has 0 atom stereocenters. The maximum Gasteiger partial charge on any atom is 0.337 e. The lowest BCUT2D eigenvalue weighted by atomic mass is 10.2. The molecule has 10 nitrogen and oxygen atoms in total. The van der Waals surface area contributed by atoms with Crippen LogP contribution in [0.1, 0.15) is 17.3 Å². The number of tetrazole rings is 1. The molecule has 2 aromatic rings. The summed E-state index contributed by atoms with van der Waals surface area (Å²) in [7, 11) is 1.29. The van der Waals surface area contributed by atoms with E-state index in [1.54, 1.807) is 31.2 Å². The molecule has 0 spiro atoms.